The van der Waals surface area contributed by atoms with Crippen molar-refractivity contribution in [3.05, 3.63) is 23.8 Å². The van der Waals surface area contributed by atoms with Crippen molar-refractivity contribution >= 4 is 5.96 Å². The van der Waals surface area contributed by atoms with Crippen molar-refractivity contribution in [3.8, 4) is 11.5 Å². The van der Waals surface area contributed by atoms with Crippen LogP contribution in [-0.4, -0.2) is 56.4 Å². The van der Waals surface area contributed by atoms with Crippen LogP contribution in [0.5, 0.6) is 11.5 Å². The molecule has 2 unspecified atom stereocenters. The molecule has 25 heavy (non-hydrogen) atoms. The molecule has 1 saturated heterocycles. The van der Waals surface area contributed by atoms with E-state index in [1.807, 2.05) is 13.1 Å². The summed E-state index contributed by atoms with van der Waals surface area (Å²) in [5, 5.41) is 7.01. The third kappa shape index (κ3) is 4.37. The van der Waals surface area contributed by atoms with Gasteiger partial charge in [-0.05, 0) is 43.9 Å². The Morgan fingerprint density at radius 1 is 1.28 bits per heavy atom. The lowest BCUT2D eigenvalue weighted by atomic mass is 10.1. The SMILES string of the molecule is CN=C(NCCc1ccc2c(c1)OCO2)NC1CN(C(C)C)CC1C. The van der Waals surface area contributed by atoms with Crippen LogP contribution in [-0.2, 0) is 6.42 Å². The lowest BCUT2D eigenvalue weighted by molar-refractivity contribution is 0.174. The molecule has 0 amide bonds. The molecule has 0 bridgehead atoms. The van der Waals surface area contributed by atoms with E-state index >= 15 is 0 Å². The minimum absolute atomic E-state index is 0.320. The van der Waals surface area contributed by atoms with E-state index < -0.39 is 0 Å². The summed E-state index contributed by atoms with van der Waals surface area (Å²) in [6.45, 7) is 10.2. The van der Waals surface area contributed by atoms with Crippen LogP contribution in [0.25, 0.3) is 0 Å². The Bertz CT molecular complexity index is 617. The van der Waals surface area contributed by atoms with E-state index in [0.29, 0.717) is 24.8 Å². The number of hydrogen-bond acceptors (Lipinski definition) is 4. The van der Waals surface area contributed by atoms with Crippen LogP contribution in [0.2, 0.25) is 0 Å². The van der Waals surface area contributed by atoms with Gasteiger partial charge in [0.15, 0.2) is 17.5 Å². The van der Waals surface area contributed by atoms with Gasteiger partial charge in [-0.25, -0.2) is 0 Å². The first-order chi connectivity index (χ1) is 12.1. The first kappa shape index (κ1) is 17.9. The Labute approximate surface area is 150 Å². The Morgan fingerprint density at radius 3 is 2.80 bits per heavy atom. The van der Waals surface area contributed by atoms with E-state index in [1.54, 1.807) is 0 Å². The molecule has 2 aliphatic rings. The zero-order valence-corrected chi connectivity index (χ0v) is 15.7. The molecule has 2 N–H and O–H groups in total. The molecule has 1 fully saturated rings. The number of likely N-dealkylation sites (tertiary alicyclic amines) is 1. The predicted octanol–water partition coefficient (Wildman–Crippen LogP) is 1.85. The van der Waals surface area contributed by atoms with Gasteiger partial charge < -0.3 is 20.1 Å². The molecule has 6 nitrogen and oxygen atoms in total. The summed E-state index contributed by atoms with van der Waals surface area (Å²) in [6, 6.07) is 7.16. The Morgan fingerprint density at radius 2 is 2.08 bits per heavy atom. The van der Waals surface area contributed by atoms with Crippen molar-refractivity contribution in [1.82, 2.24) is 15.5 Å². The number of rotatable bonds is 5. The number of nitrogens with zero attached hydrogens (tertiary/aromatic N) is 2. The Hall–Kier alpha value is -1.95. The third-order valence-electron chi connectivity index (χ3n) is 5.06. The second-order valence-electron chi connectivity index (χ2n) is 7.21. The highest BCUT2D eigenvalue weighted by molar-refractivity contribution is 5.80. The fourth-order valence-electron chi connectivity index (χ4n) is 3.41. The van der Waals surface area contributed by atoms with Crippen molar-refractivity contribution in [2.45, 2.75) is 39.3 Å². The smallest absolute Gasteiger partial charge is 0.231 e. The molecule has 2 atom stereocenters. The molecule has 0 aliphatic carbocycles. The van der Waals surface area contributed by atoms with Gasteiger partial charge in [-0.2, -0.15) is 0 Å². The van der Waals surface area contributed by atoms with Crippen LogP contribution in [0.3, 0.4) is 0 Å². The number of benzene rings is 1. The van der Waals surface area contributed by atoms with Crippen LogP contribution in [0.4, 0.5) is 0 Å². The van der Waals surface area contributed by atoms with Crippen molar-refractivity contribution in [3.63, 3.8) is 0 Å². The van der Waals surface area contributed by atoms with Crippen LogP contribution in [0.1, 0.15) is 26.3 Å². The number of guanidine groups is 1. The minimum Gasteiger partial charge on any atom is -0.454 e. The monoisotopic (exact) mass is 346 g/mol. The number of fused-ring (bicyclic) bond motifs is 1. The zero-order chi connectivity index (χ0) is 17.8. The molecule has 3 rings (SSSR count). The van der Waals surface area contributed by atoms with E-state index in [0.717, 1.165) is 43.5 Å². The average Bonchev–Trinajstić information content (AvgIpc) is 3.20. The van der Waals surface area contributed by atoms with Gasteiger partial charge in [-0.1, -0.05) is 13.0 Å². The largest absolute Gasteiger partial charge is 0.454 e. The third-order valence-corrected chi connectivity index (χ3v) is 5.06. The standard InChI is InChI=1S/C19H30N4O2/c1-13(2)23-10-14(3)16(11-23)22-19(20-4)21-8-7-15-5-6-17-18(9-15)25-12-24-17/h5-6,9,13-14,16H,7-8,10-12H2,1-4H3,(H2,20,21,22). The number of aliphatic imine (C=N–C) groups is 1. The summed E-state index contributed by atoms with van der Waals surface area (Å²) >= 11 is 0. The quantitative estimate of drug-likeness (QED) is 0.629. The van der Waals surface area contributed by atoms with Crippen molar-refractivity contribution in [1.29, 1.82) is 0 Å². The van der Waals surface area contributed by atoms with Gasteiger partial charge in [0.05, 0.1) is 0 Å². The van der Waals surface area contributed by atoms with Crippen LogP contribution >= 0.6 is 0 Å². The second kappa shape index (κ2) is 7.95. The van der Waals surface area contributed by atoms with Crippen molar-refractivity contribution in [2.24, 2.45) is 10.9 Å². The number of hydrogen-bond donors (Lipinski definition) is 2. The summed E-state index contributed by atoms with van der Waals surface area (Å²) in [6.07, 6.45) is 0.912. The molecule has 0 aromatic heterocycles. The molecule has 2 heterocycles. The summed E-state index contributed by atoms with van der Waals surface area (Å²) < 4.78 is 10.8. The van der Waals surface area contributed by atoms with Gasteiger partial charge in [-0.15, -0.1) is 0 Å². The number of nitrogens with one attached hydrogen (secondary N) is 2. The van der Waals surface area contributed by atoms with Gasteiger partial charge in [-0.3, -0.25) is 9.89 Å². The maximum atomic E-state index is 5.43. The van der Waals surface area contributed by atoms with Gasteiger partial charge in [0, 0.05) is 38.8 Å². The van der Waals surface area contributed by atoms with E-state index in [9.17, 15) is 0 Å². The zero-order valence-electron chi connectivity index (χ0n) is 15.7. The molecule has 0 saturated carbocycles. The molecule has 1 aromatic carbocycles. The predicted molar refractivity (Wildman–Crippen MR) is 100 cm³/mol. The van der Waals surface area contributed by atoms with Crippen molar-refractivity contribution in [2.75, 3.05) is 33.5 Å². The summed E-state index contributed by atoms with van der Waals surface area (Å²) in [7, 11) is 1.83. The highest BCUT2D eigenvalue weighted by Gasteiger charge is 2.31. The first-order valence-corrected chi connectivity index (χ1v) is 9.16. The van der Waals surface area contributed by atoms with Gasteiger partial charge in [0.1, 0.15) is 0 Å². The summed E-state index contributed by atoms with van der Waals surface area (Å²) in [5.74, 6) is 3.17. The van der Waals surface area contributed by atoms with E-state index in [2.05, 4.69) is 53.4 Å². The first-order valence-electron chi connectivity index (χ1n) is 9.16. The van der Waals surface area contributed by atoms with Crippen LogP contribution in [0.15, 0.2) is 23.2 Å². The van der Waals surface area contributed by atoms with Crippen molar-refractivity contribution < 1.29 is 9.47 Å². The maximum absolute atomic E-state index is 5.43. The average molecular weight is 346 g/mol. The van der Waals surface area contributed by atoms with E-state index in [-0.39, 0.29) is 0 Å². The Balaban J connectivity index is 1.47. The van der Waals surface area contributed by atoms with Gasteiger partial charge >= 0.3 is 0 Å². The van der Waals surface area contributed by atoms with Crippen LogP contribution in [0, 0.1) is 5.92 Å². The second-order valence-corrected chi connectivity index (χ2v) is 7.21. The lowest BCUT2D eigenvalue weighted by Crippen LogP contribution is -2.47. The Kier molecular flexibility index (Phi) is 5.68. The maximum Gasteiger partial charge on any atom is 0.231 e. The molecular formula is C19H30N4O2. The highest BCUT2D eigenvalue weighted by atomic mass is 16.7. The lowest BCUT2D eigenvalue weighted by Gasteiger charge is -2.22. The fourth-order valence-corrected chi connectivity index (χ4v) is 3.41. The van der Waals surface area contributed by atoms with Crippen LogP contribution < -0.4 is 20.1 Å². The number of ether oxygens (including phenoxy) is 2. The molecule has 0 spiro atoms. The highest BCUT2D eigenvalue weighted by Crippen LogP contribution is 2.32. The summed E-state index contributed by atoms with van der Waals surface area (Å²) in [4.78, 5) is 6.89. The molecule has 2 aliphatic heterocycles. The van der Waals surface area contributed by atoms with Gasteiger partial charge in [0.25, 0.3) is 0 Å². The topological polar surface area (TPSA) is 58.1 Å². The molecular weight excluding hydrogens is 316 g/mol. The minimum atomic E-state index is 0.320. The molecule has 138 valence electrons. The molecule has 1 aromatic rings. The van der Waals surface area contributed by atoms with E-state index in [1.165, 1.54) is 5.56 Å². The molecule has 6 heteroatoms. The summed E-state index contributed by atoms with van der Waals surface area (Å²) in [5.41, 5.74) is 1.23. The normalized spacial score (nSPS) is 23.3. The fraction of sp³-hybridized carbons (Fsp3) is 0.632. The van der Waals surface area contributed by atoms with Gasteiger partial charge in [0.2, 0.25) is 6.79 Å². The molecule has 0 radical (unpaired) electrons. The van der Waals surface area contributed by atoms with E-state index in [4.69, 9.17) is 9.47 Å².